The van der Waals surface area contributed by atoms with Crippen LogP contribution in [0.4, 0.5) is 5.69 Å². The predicted octanol–water partition coefficient (Wildman–Crippen LogP) is 3.29. The molecule has 0 fully saturated rings. The maximum atomic E-state index is 10.7. The van der Waals surface area contributed by atoms with Crippen LogP contribution in [0, 0.1) is 20.8 Å². The Bertz CT molecular complexity index is 500. The number of hydrogen-bond acceptors (Lipinski definition) is 3. The molecule has 4 nitrogen and oxygen atoms in total. The van der Waals surface area contributed by atoms with E-state index in [1.54, 1.807) is 7.11 Å². The summed E-state index contributed by atoms with van der Waals surface area (Å²) in [6, 6.07) is 0. The van der Waals surface area contributed by atoms with Crippen molar-refractivity contribution in [3.8, 4) is 5.75 Å². The maximum Gasteiger partial charge on any atom is 0.305 e. The number of halogens is 1. The zero-order valence-electron chi connectivity index (χ0n) is 12.0. The van der Waals surface area contributed by atoms with Crippen LogP contribution >= 0.6 is 15.9 Å². The Labute approximate surface area is 122 Å². The van der Waals surface area contributed by atoms with Gasteiger partial charge in [-0.1, -0.05) is 15.9 Å². The number of carboxylic acid groups (broad SMARTS) is 1. The molecule has 106 valence electrons. The summed E-state index contributed by atoms with van der Waals surface area (Å²) >= 11 is 3.59. The third kappa shape index (κ3) is 3.21. The smallest absolute Gasteiger partial charge is 0.305 e. The van der Waals surface area contributed by atoms with E-state index in [2.05, 4.69) is 15.9 Å². The SMILES string of the molecule is COc1c(C)c(C)c(Br)c(C)c1N(C)CCC(=O)O. The van der Waals surface area contributed by atoms with Crippen molar-refractivity contribution in [1.82, 2.24) is 0 Å². The van der Waals surface area contributed by atoms with Gasteiger partial charge in [-0.3, -0.25) is 4.79 Å². The number of carboxylic acids is 1. The molecule has 0 aromatic heterocycles. The van der Waals surface area contributed by atoms with E-state index >= 15 is 0 Å². The van der Waals surface area contributed by atoms with Crippen LogP contribution in [0.5, 0.6) is 5.75 Å². The van der Waals surface area contributed by atoms with Crippen LogP contribution in [0.25, 0.3) is 0 Å². The number of methoxy groups -OCH3 is 1. The summed E-state index contributed by atoms with van der Waals surface area (Å²) in [5.74, 6) is 0.0115. The molecule has 0 aliphatic rings. The molecule has 0 radical (unpaired) electrons. The Morgan fingerprint density at radius 3 is 2.32 bits per heavy atom. The second-order valence-electron chi connectivity index (χ2n) is 4.64. The zero-order valence-corrected chi connectivity index (χ0v) is 13.6. The molecule has 0 atom stereocenters. The van der Waals surface area contributed by atoms with Crippen molar-refractivity contribution in [3.63, 3.8) is 0 Å². The van der Waals surface area contributed by atoms with Gasteiger partial charge in [-0.05, 0) is 37.5 Å². The zero-order chi connectivity index (χ0) is 14.7. The summed E-state index contributed by atoms with van der Waals surface area (Å²) in [5, 5.41) is 8.79. The van der Waals surface area contributed by atoms with Crippen LogP contribution in [0.3, 0.4) is 0 Å². The number of nitrogens with zero attached hydrogens (tertiary/aromatic N) is 1. The Morgan fingerprint density at radius 2 is 1.84 bits per heavy atom. The van der Waals surface area contributed by atoms with Gasteiger partial charge in [-0.15, -0.1) is 0 Å². The molecule has 19 heavy (non-hydrogen) atoms. The van der Waals surface area contributed by atoms with E-state index in [9.17, 15) is 4.79 Å². The number of aliphatic carboxylic acids is 1. The fraction of sp³-hybridized carbons (Fsp3) is 0.500. The van der Waals surface area contributed by atoms with Gasteiger partial charge in [0.05, 0.1) is 19.2 Å². The molecular weight excluding hydrogens is 310 g/mol. The topological polar surface area (TPSA) is 49.8 Å². The number of rotatable bonds is 5. The van der Waals surface area contributed by atoms with E-state index in [0.29, 0.717) is 6.54 Å². The lowest BCUT2D eigenvalue weighted by Gasteiger charge is -2.26. The summed E-state index contributed by atoms with van der Waals surface area (Å²) in [5.41, 5.74) is 4.22. The summed E-state index contributed by atoms with van der Waals surface area (Å²) < 4.78 is 6.56. The second-order valence-corrected chi connectivity index (χ2v) is 5.43. The minimum Gasteiger partial charge on any atom is -0.494 e. The van der Waals surface area contributed by atoms with Crippen molar-refractivity contribution in [3.05, 3.63) is 21.2 Å². The van der Waals surface area contributed by atoms with Gasteiger partial charge in [0, 0.05) is 18.1 Å². The molecular formula is C14H20BrNO3. The van der Waals surface area contributed by atoms with E-state index in [4.69, 9.17) is 9.84 Å². The highest BCUT2D eigenvalue weighted by Crippen LogP contribution is 2.41. The van der Waals surface area contributed by atoms with Crippen LogP contribution in [-0.4, -0.2) is 31.8 Å². The van der Waals surface area contributed by atoms with Gasteiger partial charge >= 0.3 is 5.97 Å². The fourth-order valence-electron chi connectivity index (χ4n) is 2.15. The van der Waals surface area contributed by atoms with Gasteiger partial charge in [0.2, 0.25) is 0 Å². The lowest BCUT2D eigenvalue weighted by atomic mass is 10.0. The van der Waals surface area contributed by atoms with Gasteiger partial charge in [-0.25, -0.2) is 0 Å². The normalized spacial score (nSPS) is 10.4. The lowest BCUT2D eigenvalue weighted by Crippen LogP contribution is -2.23. The molecule has 0 spiro atoms. The van der Waals surface area contributed by atoms with Crippen LogP contribution in [0.15, 0.2) is 4.47 Å². The first-order valence-electron chi connectivity index (χ1n) is 6.07. The average Bonchev–Trinajstić information content (AvgIpc) is 2.37. The number of hydrogen-bond donors (Lipinski definition) is 1. The molecule has 0 unspecified atom stereocenters. The molecule has 0 saturated carbocycles. The molecule has 1 aromatic rings. The summed E-state index contributed by atoms with van der Waals surface area (Å²) in [7, 11) is 3.53. The minimum absolute atomic E-state index is 0.101. The molecule has 0 aliphatic carbocycles. The summed E-state index contributed by atoms with van der Waals surface area (Å²) in [6.45, 7) is 6.50. The quantitative estimate of drug-likeness (QED) is 0.900. The molecule has 0 aliphatic heterocycles. The third-order valence-electron chi connectivity index (χ3n) is 3.38. The fourth-order valence-corrected chi connectivity index (χ4v) is 2.64. The van der Waals surface area contributed by atoms with Crippen molar-refractivity contribution in [2.24, 2.45) is 0 Å². The molecule has 0 amide bonds. The first-order valence-corrected chi connectivity index (χ1v) is 6.86. The largest absolute Gasteiger partial charge is 0.494 e. The number of carbonyl (C=O) groups is 1. The molecule has 1 rings (SSSR count). The lowest BCUT2D eigenvalue weighted by molar-refractivity contribution is -0.136. The first kappa shape index (κ1) is 15.8. The molecule has 0 saturated heterocycles. The highest BCUT2D eigenvalue weighted by molar-refractivity contribution is 9.10. The Hall–Kier alpha value is -1.23. The highest BCUT2D eigenvalue weighted by Gasteiger charge is 2.19. The van der Waals surface area contributed by atoms with Gasteiger partial charge < -0.3 is 14.7 Å². The molecule has 1 N–H and O–H groups in total. The van der Waals surface area contributed by atoms with Gasteiger partial charge in [0.15, 0.2) is 0 Å². The monoisotopic (exact) mass is 329 g/mol. The van der Waals surface area contributed by atoms with Crippen molar-refractivity contribution in [2.45, 2.75) is 27.2 Å². The molecule has 5 heteroatoms. The summed E-state index contributed by atoms with van der Waals surface area (Å²) in [4.78, 5) is 12.6. The van der Waals surface area contributed by atoms with Crippen LogP contribution in [0.1, 0.15) is 23.1 Å². The van der Waals surface area contributed by atoms with E-state index in [1.807, 2.05) is 32.7 Å². The van der Waals surface area contributed by atoms with E-state index in [-0.39, 0.29) is 6.42 Å². The molecule has 0 bridgehead atoms. The standard InChI is InChI=1S/C14H20BrNO3/c1-8-9(2)14(19-5)13(10(3)12(8)15)16(4)7-6-11(17)18/h6-7H2,1-5H3,(H,17,18). The number of anilines is 1. The van der Waals surface area contributed by atoms with Crippen molar-refractivity contribution in [2.75, 3.05) is 25.6 Å². The third-order valence-corrected chi connectivity index (χ3v) is 4.57. The summed E-state index contributed by atoms with van der Waals surface area (Å²) in [6.07, 6.45) is 0.101. The van der Waals surface area contributed by atoms with Crippen molar-refractivity contribution < 1.29 is 14.6 Å². The number of benzene rings is 1. The van der Waals surface area contributed by atoms with Crippen molar-refractivity contribution in [1.29, 1.82) is 0 Å². The van der Waals surface area contributed by atoms with Gasteiger partial charge in [-0.2, -0.15) is 0 Å². The maximum absolute atomic E-state index is 10.7. The van der Waals surface area contributed by atoms with Crippen LogP contribution in [0.2, 0.25) is 0 Å². The van der Waals surface area contributed by atoms with E-state index in [1.165, 1.54) is 0 Å². The van der Waals surface area contributed by atoms with Crippen LogP contribution < -0.4 is 9.64 Å². The van der Waals surface area contributed by atoms with Crippen molar-refractivity contribution >= 4 is 27.6 Å². The Morgan fingerprint density at radius 1 is 1.26 bits per heavy atom. The number of ether oxygens (including phenoxy) is 1. The van der Waals surface area contributed by atoms with E-state index < -0.39 is 5.97 Å². The Balaban J connectivity index is 3.29. The van der Waals surface area contributed by atoms with Crippen LogP contribution in [-0.2, 0) is 4.79 Å². The predicted molar refractivity (Wildman–Crippen MR) is 80.4 cm³/mol. The minimum atomic E-state index is -0.800. The second kappa shape index (κ2) is 6.28. The Kier molecular flexibility index (Phi) is 5.23. The van der Waals surface area contributed by atoms with E-state index in [0.717, 1.165) is 32.6 Å². The highest BCUT2D eigenvalue weighted by atomic mass is 79.9. The average molecular weight is 330 g/mol. The molecule has 1 aromatic carbocycles. The first-order chi connectivity index (χ1) is 8.81. The van der Waals surface area contributed by atoms with Gasteiger partial charge in [0.1, 0.15) is 5.75 Å². The molecule has 0 heterocycles. The van der Waals surface area contributed by atoms with Gasteiger partial charge in [0.25, 0.3) is 0 Å².